The number of hydrogen-bond acceptors (Lipinski definition) is 3. The van der Waals surface area contributed by atoms with Gasteiger partial charge in [-0.1, -0.05) is 51.1 Å². The van der Waals surface area contributed by atoms with Crippen LogP contribution in [0.1, 0.15) is 81.3 Å². The van der Waals surface area contributed by atoms with Crippen molar-refractivity contribution in [1.29, 1.82) is 0 Å². The van der Waals surface area contributed by atoms with Crippen LogP contribution in [0, 0.1) is 5.82 Å². The SMILES string of the molecule is CC[C@@H](O)C[C@H](O)CCn1c(-c2ccc(F)cc2)c(-c2ccccc2)c(C(=O)N2CCCCC2)c1C(C)C. The third kappa shape index (κ3) is 6.19. The first-order chi connectivity index (χ1) is 18.3. The van der Waals surface area contributed by atoms with Gasteiger partial charge in [0.1, 0.15) is 5.82 Å². The maximum atomic E-state index is 14.3. The Hall–Kier alpha value is -2.96. The van der Waals surface area contributed by atoms with Gasteiger partial charge in [-0.25, -0.2) is 4.39 Å². The highest BCUT2D eigenvalue weighted by Crippen LogP contribution is 2.43. The Bertz CT molecular complexity index is 1200. The van der Waals surface area contributed by atoms with Crippen molar-refractivity contribution in [3.8, 4) is 22.4 Å². The van der Waals surface area contributed by atoms with E-state index in [9.17, 15) is 19.4 Å². The van der Waals surface area contributed by atoms with Gasteiger partial charge in [0.2, 0.25) is 0 Å². The van der Waals surface area contributed by atoms with Crippen LogP contribution >= 0.6 is 0 Å². The number of halogens is 1. The summed E-state index contributed by atoms with van der Waals surface area (Å²) in [7, 11) is 0. The van der Waals surface area contributed by atoms with Gasteiger partial charge in [-0.05, 0) is 79.8 Å². The monoisotopic (exact) mass is 520 g/mol. The maximum Gasteiger partial charge on any atom is 0.256 e. The van der Waals surface area contributed by atoms with Gasteiger partial charge in [0, 0.05) is 30.9 Å². The van der Waals surface area contributed by atoms with E-state index in [1.807, 2.05) is 42.2 Å². The molecule has 5 nitrogen and oxygen atoms in total. The molecular formula is C32H41FN2O3. The van der Waals surface area contributed by atoms with Crippen molar-refractivity contribution >= 4 is 5.91 Å². The zero-order chi connectivity index (χ0) is 27.2. The van der Waals surface area contributed by atoms with Gasteiger partial charge in [-0.3, -0.25) is 4.79 Å². The van der Waals surface area contributed by atoms with Gasteiger partial charge in [0.25, 0.3) is 5.91 Å². The predicted octanol–water partition coefficient (Wildman–Crippen LogP) is 6.62. The third-order valence-electron chi connectivity index (χ3n) is 7.59. The van der Waals surface area contributed by atoms with E-state index in [4.69, 9.17) is 0 Å². The fraction of sp³-hybridized carbons (Fsp3) is 0.469. The number of benzene rings is 2. The number of hydrogen-bond donors (Lipinski definition) is 2. The summed E-state index contributed by atoms with van der Waals surface area (Å²) in [5.74, 6) is -0.240. The zero-order valence-electron chi connectivity index (χ0n) is 22.9. The smallest absolute Gasteiger partial charge is 0.256 e. The number of aliphatic hydroxyl groups is 2. The molecule has 3 aromatic rings. The number of rotatable bonds is 10. The van der Waals surface area contributed by atoms with Crippen LogP contribution in [0.25, 0.3) is 22.4 Å². The standard InChI is InChI=1S/C32H41FN2O3/c1-4-26(36)21-27(37)17-20-35-30(22(2)3)29(32(38)34-18-9-6-10-19-34)28(23-11-7-5-8-12-23)31(35)24-13-15-25(33)16-14-24/h5,7-8,11-16,22,26-27,36-37H,4,6,9-10,17-21H2,1-3H3/t26-,27-/m1/s1. The van der Waals surface area contributed by atoms with Gasteiger partial charge < -0.3 is 19.7 Å². The molecule has 1 aliphatic rings. The Labute approximate surface area is 225 Å². The van der Waals surface area contributed by atoms with Crippen LogP contribution in [0.15, 0.2) is 54.6 Å². The largest absolute Gasteiger partial charge is 0.393 e. The van der Waals surface area contributed by atoms with Crippen molar-refractivity contribution in [2.75, 3.05) is 13.1 Å². The minimum absolute atomic E-state index is 0.0359. The van der Waals surface area contributed by atoms with Crippen molar-refractivity contribution < 1.29 is 19.4 Å². The molecule has 0 saturated carbocycles. The number of aromatic nitrogens is 1. The lowest BCUT2D eigenvalue weighted by Gasteiger charge is -2.28. The van der Waals surface area contributed by atoms with Gasteiger partial charge in [0.05, 0.1) is 23.5 Å². The van der Waals surface area contributed by atoms with Crippen LogP contribution in [0.2, 0.25) is 0 Å². The summed E-state index contributed by atoms with van der Waals surface area (Å²) >= 11 is 0. The molecule has 0 unspecified atom stereocenters. The highest BCUT2D eigenvalue weighted by atomic mass is 19.1. The van der Waals surface area contributed by atoms with Crippen LogP contribution in [0.3, 0.4) is 0 Å². The van der Waals surface area contributed by atoms with Crippen LogP contribution in [-0.4, -0.2) is 50.9 Å². The average Bonchev–Trinajstić information content (AvgIpc) is 3.28. The Morgan fingerprint density at radius 2 is 1.58 bits per heavy atom. The molecule has 1 aromatic heterocycles. The topological polar surface area (TPSA) is 65.7 Å². The van der Waals surface area contributed by atoms with Crippen molar-refractivity contribution in [2.24, 2.45) is 0 Å². The molecule has 2 aromatic carbocycles. The van der Waals surface area contributed by atoms with E-state index in [1.165, 1.54) is 12.1 Å². The van der Waals surface area contributed by atoms with Crippen molar-refractivity contribution in [2.45, 2.75) is 84.0 Å². The van der Waals surface area contributed by atoms with E-state index in [2.05, 4.69) is 18.4 Å². The Morgan fingerprint density at radius 1 is 0.921 bits per heavy atom. The zero-order valence-corrected chi connectivity index (χ0v) is 22.9. The second-order valence-electron chi connectivity index (χ2n) is 10.8. The van der Waals surface area contributed by atoms with Crippen LogP contribution in [0.5, 0.6) is 0 Å². The Balaban J connectivity index is 1.94. The predicted molar refractivity (Wildman–Crippen MR) is 151 cm³/mol. The molecular weight excluding hydrogens is 479 g/mol. The summed E-state index contributed by atoms with van der Waals surface area (Å²) in [4.78, 5) is 16.2. The second kappa shape index (κ2) is 12.7. The van der Waals surface area contributed by atoms with Gasteiger partial charge in [-0.15, -0.1) is 0 Å². The first-order valence-corrected chi connectivity index (χ1v) is 14.0. The summed E-state index contributed by atoms with van der Waals surface area (Å²) in [5.41, 5.74) is 5.13. The minimum Gasteiger partial charge on any atom is -0.393 e. The number of amides is 1. The number of aliphatic hydroxyl groups excluding tert-OH is 2. The number of carbonyl (C=O) groups excluding carboxylic acids is 1. The van der Waals surface area contributed by atoms with E-state index >= 15 is 0 Å². The second-order valence-corrected chi connectivity index (χ2v) is 10.8. The van der Waals surface area contributed by atoms with E-state index in [0.29, 0.717) is 31.4 Å². The van der Waals surface area contributed by atoms with E-state index < -0.39 is 12.2 Å². The molecule has 6 heteroatoms. The van der Waals surface area contributed by atoms with Crippen LogP contribution in [-0.2, 0) is 6.54 Å². The lowest BCUT2D eigenvalue weighted by atomic mass is 9.93. The molecule has 0 bridgehead atoms. The summed E-state index contributed by atoms with van der Waals surface area (Å²) < 4.78 is 16.2. The van der Waals surface area contributed by atoms with E-state index in [0.717, 1.165) is 60.4 Å². The normalized spacial score (nSPS) is 15.6. The highest BCUT2D eigenvalue weighted by molar-refractivity contribution is 6.06. The third-order valence-corrected chi connectivity index (χ3v) is 7.59. The van der Waals surface area contributed by atoms with Crippen molar-refractivity contribution in [3.63, 3.8) is 0 Å². The first kappa shape index (κ1) is 28.1. The molecule has 0 aliphatic carbocycles. The quantitative estimate of drug-likeness (QED) is 0.316. The fourth-order valence-corrected chi connectivity index (χ4v) is 5.61. The number of likely N-dealkylation sites (tertiary alicyclic amines) is 1. The minimum atomic E-state index is -0.671. The summed E-state index contributed by atoms with van der Waals surface area (Å²) in [6.45, 7) is 8.06. The number of carbonyl (C=O) groups is 1. The van der Waals surface area contributed by atoms with Gasteiger partial charge in [-0.2, -0.15) is 0 Å². The lowest BCUT2D eigenvalue weighted by molar-refractivity contribution is 0.0711. The molecule has 1 saturated heterocycles. The number of piperidine rings is 1. The molecule has 2 N–H and O–H groups in total. The molecule has 204 valence electrons. The van der Waals surface area contributed by atoms with E-state index in [1.54, 1.807) is 12.1 Å². The molecule has 0 spiro atoms. The van der Waals surface area contributed by atoms with Gasteiger partial charge >= 0.3 is 0 Å². The Morgan fingerprint density at radius 3 is 2.18 bits per heavy atom. The molecule has 1 fully saturated rings. The summed E-state index contributed by atoms with van der Waals surface area (Å²) in [5, 5.41) is 20.8. The molecule has 4 rings (SSSR count). The molecule has 38 heavy (non-hydrogen) atoms. The van der Waals surface area contributed by atoms with Crippen molar-refractivity contribution in [3.05, 3.63) is 71.7 Å². The van der Waals surface area contributed by atoms with Crippen LogP contribution < -0.4 is 0 Å². The Kier molecular flexibility index (Phi) is 9.40. The molecule has 2 heterocycles. The fourth-order valence-electron chi connectivity index (χ4n) is 5.61. The highest BCUT2D eigenvalue weighted by Gasteiger charge is 2.33. The summed E-state index contributed by atoms with van der Waals surface area (Å²) in [6.07, 6.45) is 3.25. The van der Waals surface area contributed by atoms with E-state index in [-0.39, 0.29) is 17.6 Å². The van der Waals surface area contributed by atoms with Gasteiger partial charge in [0.15, 0.2) is 0 Å². The van der Waals surface area contributed by atoms with Crippen molar-refractivity contribution in [1.82, 2.24) is 9.47 Å². The average molecular weight is 521 g/mol. The number of nitrogens with zero attached hydrogens (tertiary/aromatic N) is 2. The summed E-state index contributed by atoms with van der Waals surface area (Å²) in [6, 6.07) is 16.4. The maximum absolute atomic E-state index is 14.3. The van der Waals surface area contributed by atoms with Crippen LogP contribution in [0.4, 0.5) is 4.39 Å². The lowest BCUT2D eigenvalue weighted by Crippen LogP contribution is -2.36. The molecule has 1 amide bonds. The molecule has 1 aliphatic heterocycles. The first-order valence-electron chi connectivity index (χ1n) is 14.0. The molecule has 0 radical (unpaired) electrons. The molecule has 2 atom stereocenters.